The number of amides is 1. The van der Waals surface area contributed by atoms with Gasteiger partial charge >= 0.3 is 0 Å². The number of benzene rings is 2. The fraction of sp³-hybridized carbons (Fsp3) is 0.350. The van der Waals surface area contributed by atoms with Crippen LogP contribution < -0.4 is 29.0 Å². The van der Waals surface area contributed by atoms with Crippen molar-refractivity contribution in [2.75, 3.05) is 34.5 Å². The lowest BCUT2D eigenvalue weighted by atomic mass is 10.1. The summed E-state index contributed by atoms with van der Waals surface area (Å²) in [5, 5.41) is 2.97. The molecular formula is C20H23NO6. The van der Waals surface area contributed by atoms with Crippen molar-refractivity contribution in [3.8, 4) is 28.7 Å². The number of hydrogen-bond acceptors (Lipinski definition) is 6. The Morgan fingerprint density at radius 3 is 2.37 bits per heavy atom. The quantitative estimate of drug-likeness (QED) is 0.839. The van der Waals surface area contributed by atoms with Gasteiger partial charge in [0.1, 0.15) is 13.2 Å². The fourth-order valence-electron chi connectivity index (χ4n) is 2.89. The van der Waals surface area contributed by atoms with Crippen LogP contribution in [-0.4, -0.2) is 40.5 Å². The second-order valence-corrected chi connectivity index (χ2v) is 6.01. The van der Waals surface area contributed by atoms with Crippen molar-refractivity contribution in [3.05, 3.63) is 41.5 Å². The molecule has 0 fully saturated rings. The van der Waals surface area contributed by atoms with E-state index in [2.05, 4.69) is 5.32 Å². The zero-order chi connectivity index (χ0) is 19.4. The van der Waals surface area contributed by atoms with Crippen LogP contribution >= 0.6 is 0 Å². The number of nitrogens with one attached hydrogen (secondary N) is 1. The Kier molecular flexibility index (Phi) is 5.59. The summed E-state index contributed by atoms with van der Waals surface area (Å²) < 4.78 is 27.1. The average molecular weight is 373 g/mol. The molecule has 0 saturated carbocycles. The Bertz CT molecular complexity index is 818. The maximum atomic E-state index is 12.7. The smallest absolute Gasteiger partial charge is 0.252 e. The van der Waals surface area contributed by atoms with Gasteiger partial charge in [-0.15, -0.1) is 0 Å². The Morgan fingerprint density at radius 1 is 0.963 bits per heavy atom. The highest BCUT2D eigenvalue weighted by molar-refractivity contribution is 5.96. The molecule has 1 unspecified atom stereocenters. The topological polar surface area (TPSA) is 75.3 Å². The van der Waals surface area contributed by atoms with Gasteiger partial charge in [-0.1, -0.05) is 6.07 Å². The third kappa shape index (κ3) is 3.86. The first-order valence-electron chi connectivity index (χ1n) is 8.57. The minimum atomic E-state index is -0.243. The minimum absolute atomic E-state index is 0.239. The average Bonchev–Trinajstić information content (AvgIpc) is 2.72. The standard InChI is InChI=1S/C20H23NO6/c1-12(13-5-6-15(23-2)16(9-13)24-3)21-20(22)14-10-17(25-4)19-18(11-14)26-7-8-27-19/h5-6,9-12H,7-8H2,1-4H3,(H,21,22). The number of rotatable bonds is 6. The highest BCUT2D eigenvalue weighted by Gasteiger charge is 2.22. The number of hydrogen-bond donors (Lipinski definition) is 1. The summed E-state index contributed by atoms with van der Waals surface area (Å²) in [6, 6.07) is 8.60. The Hall–Kier alpha value is -3.09. The molecule has 7 nitrogen and oxygen atoms in total. The van der Waals surface area contributed by atoms with E-state index in [1.165, 1.54) is 7.11 Å². The van der Waals surface area contributed by atoms with E-state index in [0.717, 1.165) is 5.56 Å². The highest BCUT2D eigenvalue weighted by atomic mass is 16.6. The van der Waals surface area contributed by atoms with Gasteiger partial charge in [-0.25, -0.2) is 0 Å². The lowest BCUT2D eigenvalue weighted by molar-refractivity contribution is 0.0938. The van der Waals surface area contributed by atoms with Crippen LogP contribution in [0, 0.1) is 0 Å². The molecule has 2 aromatic rings. The van der Waals surface area contributed by atoms with Crippen LogP contribution in [0.1, 0.15) is 28.9 Å². The van der Waals surface area contributed by atoms with E-state index in [1.807, 2.05) is 25.1 Å². The maximum Gasteiger partial charge on any atom is 0.252 e. The molecular weight excluding hydrogens is 350 g/mol. The molecule has 144 valence electrons. The molecule has 3 rings (SSSR count). The van der Waals surface area contributed by atoms with Crippen molar-refractivity contribution in [2.24, 2.45) is 0 Å². The maximum absolute atomic E-state index is 12.7. The van der Waals surface area contributed by atoms with Crippen LogP contribution in [0.4, 0.5) is 0 Å². The van der Waals surface area contributed by atoms with Crippen molar-refractivity contribution in [2.45, 2.75) is 13.0 Å². The lowest BCUT2D eigenvalue weighted by Crippen LogP contribution is -2.27. The first-order chi connectivity index (χ1) is 13.1. The van der Waals surface area contributed by atoms with E-state index in [-0.39, 0.29) is 11.9 Å². The van der Waals surface area contributed by atoms with Crippen molar-refractivity contribution in [3.63, 3.8) is 0 Å². The van der Waals surface area contributed by atoms with Crippen molar-refractivity contribution < 1.29 is 28.5 Å². The van der Waals surface area contributed by atoms with Crippen molar-refractivity contribution >= 4 is 5.91 Å². The monoisotopic (exact) mass is 373 g/mol. The summed E-state index contributed by atoms with van der Waals surface area (Å²) in [5.74, 6) is 2.50. The lowest BCUT2D eigenvalue weighted by Gasteiger charge is -2.22. The molecule has 2 aromatic carbocycles. The first-order valence-corrected chi connectivity index (χ1v) is 8.57. The Morgan fingerprint density at radius 2 is 1.67 bits per heavy atom. The van der Waals surface area contributed by atoms with E-state index in [1.54, 1.807) is 26.4 Å². The van der Waals surface area contributed by atoms with Gasteiger partial charge in [0.05, 0.1) is 27.4 Å². The molecule has 0 spiro atoms. The van der Waals surface area contributed by atoms with Gasteiger partial charge in [0.2, 0.25) is 5.75 Å². The first kappa shape index (κ1) is 18.7. The largest absolute Gasteiger partial charge is 0.493 e. The number of methoxy groups -OCH3 is 3. The summed E-state index contributed by atoms with van der Waals surface area (Å²) in [6.07, 6.45) is 0. The number of fused-ring (bicyclic) bond motifs is 1. The molecule has 7 heteroatoms. The zero-order valence-electron chi connectivity index (χ0n) is 15.8. The van der Waals surface area contributed by atoms with E-state index in [4.69, 9.17) is 23.7 Å². The Balaban J connectivity index is 1.81. The molecule has 27 heavy (non-hydrogen) atoms. The van der Waals surface area contributed by atoms with Gasteiger partial charge in [-0.05, 0) is 36.8 Å². The molecule has 0 bridgehead atoms. The zero-order valence-corrected chi connectivity index (χ0v) is 15.8. The van der Waals surface area contributed by atoms with Crippen LogP contribution in [0.15, 0.2) is 30.3 Å². The second kappa shape index (κ2) is 8.07. The van der Waals surface area contributed by atoms with Gasteiger partial charge in [0, 0.05) is 5.56 Å². The van der Waals surface area contributed by atoms with Gasteiger partial charge in [-0.3, -0.25) is 4.79 Å². The van der Waals surface area contributed by atoms with E-state index in [0.29, 0.717) is 47.5 Å². The third-order valence-electron chi connectivity index (χ3n) is 4.35. The molecule has 1 aliphatic rings. The fourth-order valence-corrected chi connectivity index (χ4v) is 2.89. The summed E-state index contributed by atoms with van der Waals surface area (Å²) in [5.41, 5.74) is 1.33. The predicted molar refractivity (Wildman–Crippen MR) is 99.4 cm³/mol. The minimum Gasteiger partial charge on any atom is -0.493 e. The SMILES string of the molecule is COc1ccc(C(C)NC(=O)c2cc(OC)c3c(c2)OCCO3)cc1OC. The number of ether oxygens (including phenoxy) is 5. The van der Waals surface area contributed by atoms with E-state index < -0.39 is 0 Å². The summed E-state index contributed by atoms with van der Waals surface area (Å²) >= 11 is 0. The van der Waals surface area contributed by atoms with Crippen LogP contribution in [0.25, 0.3) is 0 Å². The van der Waals surface area contributed by atoms with Gasteiger partial charge < -0.3 is 29.0 Å². The van der Waals surface area contributed by atoms with Crippen LogP contribution in [-0.2, 0) is 0 Å². The van der Waals surface area contributed by atoms with Crippen LogP contribution in [0.5, 0.6) is 28.7 Å². The third-order valence-corrected chi connectivity index (χ3v) is 4.35. The molecule has 0 aromatic heterocycles. The molecule has 0 radical (unpaired) electrons. The molecule has 1 amide bonds. The normalized spacial score (nSPS) is 13.5. The highest BCUT2D eigenvalue weighted by Crippen LogP contribution is 2.40. The van der Waals surface area contributed by atoms with Crippen LogP contribution in [0.2, 0.25) is 0 Å². The molecule has 1 heterocycles. The molecule has 1 aliphatic heterocycles. The molecule has 0 saturated heterocycles. The molecule has 1 atom stereocenters. The summed E-state index contributed by atoms with van der Waals surface area (Å²) in [4.78, 5) is 12.7. The van der Waals surface area contributed by atoms with Gasteiger partial charge in [0.15, 0.2) is 23.0 Å². The van der Waals surface area contributed by atoms with Crippen molar-refractivity contribution in [1.29, 1.82) is 0 Å². The Labute approximate surface area is 158 Å². The summed E-state index contributed by atoms with van der Waals surface area (Å²) in [6.45, 7) is 2.78. The van der Waals surface area contributed by atoms with E-state index in [9.17, 15) is 4.79 Å². The molecule has 1 N–H and O–H groups in total. The van der Waals surface area contributed by atoms with Crippen molar-refractivity contribution in [1.82, 2.24) is 5.32 Å². The number of carbonyl (C=O) groups is 1. The van der Waals surface area contributed by atoms with E-state index >= 15 is 0 Å². The predicted octanol–water partition coefficient (Wildman–Crippen LogP) is 2.97. The van der Waals surface area contributed by atoms with Gasteiger partial charge in [-0.2, -0.15) is 0 Å². The molecule has 0 aliphatic carbocycles. The number of carbonyl (C=O) groups excluding carboxylic acids is 1. The summed E-state index contributed by atoms with van der Waals surface area (Å²) in [7, 11) is 4.69. The van der Waals surface area contributed by atoms with Crippen LogP contribution in [0.3, 0.4) is 0 Å². The second-order valence-electron chi connectivity index (χ2n) is 6.01. The van der Waals surface area contributed by atoms with Gasteiger partial charge in [0.25, 0.3) is 5.91 Å².